The molecule has 0 heterocycles. The minimum absolute atomic E-state index is 0. The molecule has 2 aromatic carbocycles. The molecule has 136 valence electrons. The lowest BCUT2D eigenvalue weighted by Gasteiger charge is -2.15. The molecule has 0 saturated heterocycles. The van der Waals surface area contributed by atoms with Gasteiger partial charge in [0.1, 0.15) is 5.75 Å². The zero-order chi connectivity index (χ0) is 17.4. The molecule has 0 aromatic heterocycles. The molecule has 0 unspecified atom stereocenters. The second-order valence-electron chi connectivity index (χ2n) is 5.57. The maximum atomic E-state index is 12.5. The number of benzene rings is 2. The van der Waals surface area contributed by atoms with Crippen LogP contribution < -0.4 is 20.7 Å². The second-order valence-corrected chi connectivity index (χ2v) is 5.57. The number of hydrogen-bond donors (Lipinski definition) is 3. The number of nitrogens with one attached hydrogen (secondary N) is 3. The molecule has 25 heavy (non-hydrogen) atoms. The van der Waals surface area contributed by atoms with E-state index in [9.17, 15) is 4.79 Å². The van der Waals surface area contributed by atoms with E-state index >= 15 is 0 Å². The summed E-state index contributed by atoms with van der Waals surface area (Å²) in [6, 6.07) is 15.3. The topological polar surface area (TPSA) is 62.4 Å². The predicted octanol–water partition coefficient (Wildman–Crippen LogP) is 3.59. The number of para-hydroxylation sites is 1. The quantitative estimate of drug-likeness (QED) is 0.670. The molecule has 0 fully saturated rings. The van der Waals surface area contributed by atoms with Gasteiger partial charge in [-0.25, -0.2) is 0 Å². The monoisotopic (exact) mass is 363 g/mol. The van der Waals surface area contributed by atoms with Crippen LogP contribution in [0.2, 0.25) is 0 Å². The molecule has 2 rings (SSSR count). The summed E-state index contributed by atoms with van der Waals surface area (Å²) in [5.74, 6) is 0.709. The van der Waals surface area contributed by atoms with E-state index in [1.54, 1.807) is 7.11 Å². The minimum atomic E-state index is -0.0867. The molecule has 3 N–H and O–H groups in total. The molecular formula is C19H26ClN3O2. The third-order valence-corrected chi connectivity index (χ3v) is 3.66. The normalized spacial score (nSPS) is 11.2. The van der Waals surface area contributed by atoms with Crippen molar-refractivity contribution in [1.29, 1.82) is 0 Å². The number of anilines is 2. The highest BCUT2D eigenvalue weighted by Crippen LogP contribution is 2.22. The Kier molecular flexibility index (Phi) is 8.81. The Morgan fingerprint density at radius 2 is 1.80 bits per heavy atom. The fourth-order valence-corrected chi connectivity index (χ4v) is 2.38. The third kappa shape index (κ3) is 6.29. The maximum Gasteiger partial charge on any atom is 0.253 e. The third-order valence-electron chi connectivity index (χ3n) is 3.66. The Hall–Kier alpha value is -2.24. The summed E-state index contributed by atoms with van der Waals surface area (Å²) >= 11 is 0. The van der Waals surface area contributed by atoms with Crippen molar-refractivity contribution < 1.29 is 9.53 Å². The van der Waals surface area contributed by atoms with Gasteiger partial charge < -0.3 is 20.7 Å². The van der Waals surface area contributed by atoms with Gasteiger partial charge in [0.25, 0.3) is 5.91 Å². The number of methoxy groups -OCH3 is 1. The van der Waals surface area contributed by atoms with Crippen LogP contribution in [0.5, 0.6) is 5.75 Å². The van der Waals surface area contributed by atoms with Crippen molar-refractivity contribution in [1.82, 2.24) is 10.6 Å². The standard InChI is InChI=1S/C19H25N3O2.ClH/c1-4-20-14(2)13-21-19(23)17-7-5-6-8-18(17)22-15-9-11-16(24-3)12-10-15;/h5-12,14,20,22H,4,13H2,1-3H3,(H,21,23);1H/t14-;/m1./s1. The molecule has 0 aliphatic rings. The number of hydrogen-bond acceptors (Lipinski definition) is 4. The largest absolute Gasteiger partial charge is 0.497 e. The van der Waals surface area contributed by atoms with Gasteiger partial charge in [0.15, 0.2) is 0 Å². The van der Waals surface area contributed by atoms with Gasteiger partial charge in [0.2, 0.25) is 0 Å². The first-order chi connectivity index (χ1) is 11.6. The number of rotatable bonds is 8. The van der Waals surface area contributed by atoms with Gasteiger partial charge in [-0.3, -0.25) is 4.79 Å². The molecule has 0 aliphatic carbocycles. The summed E-state index contributed by atoms with van der Waals surface area (Å²) < 4.78 is 5.16. The number of carbonyl (C=O) groups is 1. The Bertz CT molecular complexity index is 662. The van der Waals surface area contributed by atoms with E-state index in [1.807, 2.05) is 62.4 Å². The summed E-state index contributed by atoms with van der Waals surface area (Å²) in [4.78, 5) is 12.5. The molecule has 6 heteroatoms. The summed E-state index contributed by atoms with van der Waals surface area (Å²) in [6.07, 6.45) is 0. The van der Waals surface area contributed by atoms with Gasteiger partial charge in [-0.15, -0.1) is 12.4 Å². The first-order valence-electron chi connectivity index (χ1n) is 8.15. The summed E-state index contributed by atoms with van der Waals surface area (Å²) in [7, 11) is 1.64. The predicted molar refractivity (Wildman–Crippen MR) is 105 cm³/mol. The van der Waals surface area contributed by atoms with Gasteiger partial charge >= 0.3 is 0 Å². The molecule has 2 aromatic rings. The first kappa shape index (κ1) is 20.8. The fraction of sp³-hybridized carbons (Fsp3) is 0.316. The summed E-state index contributed by atoms with van der Waals surface area (Å²) in [5.41, 5.74) is 2.30. The number of amides is 1. The minimum Gasteiger partial charge on any atom is -0.497 e. The molecule has 1 amide bonds. The maximum absolute atomic E-state index is 12.5. The fourth-order valence-electron chi connectivity index (χ4n) is 2.38. The Morgan fingerprint density at radius 3 is 2.44 bits per heavy atom. The van der Waals surface area contributed by atoms with Crippen LogP contribution in [-0.4, -0.2) is 32.1 Å². The average molecular weight is 364 g/mol. The van der Waals surface area contributed by atoms with Crippen LogP contribution in [0, 0.1) is 0 Å². The van der Waals surface area contributed by atoms with Gasteiger partial charge in [-0.1, -0.05) is 19.1 Å². The number of likely N-dealkylation sites (N-methyl/N-ethyl adjacent to an activating group) is 1. The van der Waals surface area contributed by atoms with E-state index in [4.69, 9.17) is 4.74 Å². The van der Waals surface area contributed by atoms with Gasteiger partial charge in [-0.05, 0) is 49.9 Å². The molecule has 0 aliphatic heterocycles. The van der Waals surface area contributed by atoms with Crippen molar-refractivity contribution in [2.24, 2.45) is 0 Å². The van der Waals surface area contributed by atoms with Crippen molar-refractivity contribution in [2.75, 3.05) is 25.5 Å². The van der Waals surface area contributed by atoms with Crippen LogP contribution in [0.25, 0.3) is 0 Å². The number of halogens is 1. The Balaban J connectivity index is 0.00000312. The van der Waals surface area contributed by atoms with E-state index in [1.165, 1.54) is 0 Å². The molecule has 0 bridgehead atoms. The van der Waals surface area contributed by atoms with Gasteiger partial charge in [-0.2, -0.15) is 0 Å². The highest BCUT2D eigenvalue weighted by molar-refractivity contribution is 6.00. The lowest BCUT2D eigenvalue weighted by atomic mass is 10.1. The zero-order valence-electron chi connectivity index (χ0n) is 14.8. The van der Waals surface area contributed by atoms with E-state index in [0.29, 0.717) is 12.1 Å². The van der Waals surface area contributed by atoms with Gasteiger partial charge in [0, 0.05) is 18.3 Å². The lowest BCUT2D eigenvalue weighted by molar-refractivity contribution is 0.0951. The molecule has 0 saturated carbocycles. The highest BCUT2D eigenvalue weighted by Gasteiger charge is 2.12. The average Bonchev–Trinajstić information content (AvgIpc) is 2.61. The lowest BCUT2D eigenvalue weighted by Crippen LogP contribution is -2.38. The van der Waals surface area contributed by atoms with Crippen LogP contribution in [-0.2, 0) is 0 Å². The number of carbonyl (C=O) groups excluding carboxylic acids is 1. The highest BCUT2D eigenvalue weighted by atomic mass is 35.5. The van der Waals surface area contributed by atoms with Gasteiger partial charge in [0.05, 0.1) is 18.4 Å². The molecule has 0 spiro atoms. The SMILES string of the molecule is CCN[C@H](C)CNC(=O)c1ccccc1Nc1ccc(OC)cc1.Cl. The van der Waals surface area contributed by atoms with Crippen LogP contribution in [0.3, 0.4) is 0 Å². The zero-order valence-corrected chi connectivity index (χ0v) is 15.7. The van der Waals surface area contributed by atoms with E-state index < -0.39 is 0 Å². The first-order valence-corrected chi connectivity index (χ1v) is 8.15. The molecule has 0 radical (unpaired) electrons. The number of ether oxygens (including phenoxy) is 1. The summed E-state index contributed by atoms with van der Waals surface area (Å²) in [6.45, 7) is 5.56. The Labute approximate surface area is 155 Å². The van der Waals surface area contributed by atoms with Crippen molar-refractivity contribution >= 4 is 29.7 Å². The van der Waals surface area contributed by atoms with Crippen LogP contribution in [0.15, 0.2) is 48.5 Å². The van der Waals surface area contributed by atoms with Crippen molar-refractivity contribution in [3.8, 4) is 5.75 Å². The van der Waals surface area contributed by atoms with E-state index in [-0.39, 0.29) is 24.4 Å². The second kappa shape index (κ2) is 10.6. The van der Waals surface area contributed by atoms with Crippen molar-refractivity contribution in [2.45, 2.75) is 19.9 Å². The van der Waals surface area contributed by atoms with Crippen molar-refractivity contribution in [3.63, 3.8) is 0 Å². The van der Waals surface area contributed by atoms with E-state index in [2.05, 4.69) is 16.0 Å². The molecule has 1 atom stereocenters. The molecule has 5 nitrogen and oxygen atoms in total. The molecular weight excluding hydrogens is 338 g/mol. The van der Waals surface area contributed by atoms with Crippen LogP contribution in [0.1, 0.15) is 24.2 Å². The van der Waals surface area contributed by atoms with E-state index in [0.717, 1.165) is 23.7 Å². The van der Waals surface area contributed by atoms with Crippen LogP contribution >= 0.6 is 12.4 Å². The Morgan fingerprint density at radius 1 is 1.12 bits per heavy atom. The summed E-state index contributed by atoms with van der Waals surface area (Å²) in [5, 5.41) is 9.53. The smallest absolute Gasteiger partial charge is 0.253 e. The van der Waals surface area contributed by atoms with Crippen molar-refractivity contribution in [3.05, 3.63) is 54.1 Å². The van der Waals surface area contributed by atoms with Crippen LogP contribution in [0.4, 0.5) is 11.4 Å².